The average Bonchev–Trinajstić information content (AvgIpc) is 2.38. The normalized spacial score (nSPS) is 10.3. The van der Waals surface area contributed by atoms with Gasteiger partial charge in [0.15, 0.2) is 5.75 Å². The second kappa shape index (κ2) is 6.05. The van der Waals surface area contributed by atoms with E-state index in [1.807, 2.05) is 44.2 Å². The third kappa shape index (κ3) is 3.17. The Labute approximate surface area is 125 Å². The smallest absolute Gasteiger partial charge is 0.311 e. The van der Waals surface area contributed by atoms with Gasteiger partial charge in [0.05, 0.1) is 4.92 Å². The molecule has 0 aliphatic heterocycles. The number of hydrogen-bond acceptors (Lipinski definition) is 3. The van der Waals surface area contributed by atoms with Crippen molar-refractivity contribution >= 4 is 21.6 Å². The minimum atomic E-state index is -0.407. The fraction of sp³-hybridized carbons (Fsp3) is 0.200. The molecule has 2 rings (SSSR count). The molecule has 0 fully saturated rings. The summed E-state index contributed by atoms with van der Waals surface area (Å²) in [4.78, 5) is 10.7. The highest BCUT2D eigenvalue weighted by Gasteiger charge is 2.18. The summed E-state index contributed by atoms with van der Waals surface area (Å²) in [7, 11) is 0. The summed E-state index contributed by atoms with van der Waals surface area (Å²) in [5.41, 5.74) is 2.57. The van der Waals surface area contributed by atoms with Crippen molar-refractivity contribution in [1.82, 2.24) is 0 Å². The Balaban J connectivity index is 2.30. The Bertz CT molecular complexity index is 656. The van der Waals surface area contributed by atoms with Gasteiger partial charge in [-0.25, -0.2) is 0 Å². The Morgan fingerprint density at radius 1 is 1.25 bits per heavy atom. The average molecular weight is 336 g/mol. The van der Waals surface area contributed by atoms with E-state index < -0.39 is 4.92 Å². The zero-order chi connectivity index (χ0) is 14.7. The lowest BCUT2D eigenvalue weighted by Crippen LogP contribution is -2.02. The van der Waals surface area contributed by atoms with E-state index >= 15 is 0 Å². The first-order valence-electron chi connectivity index (χ1n) is 6.11. The summed E-state index contributed by atoms with van der Waals surface area (Å²) < 4.78 is 6.60. The van der Waals surface area contributed by atoms with Crippen LogP contribution in [0.2, 0.25) is 0 Å². The zero-order valence-corrected chi connectivity index (χ0v) is 12.8. The molecule has 0 aromatic heterocycles. The van der Waals surface area contributed by atoms with Crippen molar-refractivity contribution in [2.24, 2.45) is 0 Å². The number of rotatable bonds is 4. The summed E-state index contributed by atoms with van der Waals surface area (Å²) in [5.74, 6) is 0.330. The monoisotopic (exact) mass is 335 g/mol. The molecule has 4 nitrogen and oxygen atoms in total. The van der Waals surface area contributed by atoms with E-state index in [9.17, 15) is 10.1 Å². The van der Waals surface area contributed by atoms with E-state index in [2.05, 4.69) is 15.9 Å². The van der Waals surface area contributed by atoms with E-state index in [1.54, 1.807) is 0 Å². The third-order valence-electron chi connectivity index (χ3n) is 2.93. The number of ether oxygens (including phenoxy) is 1. The molecule has 0 aliphatic carbocycles. The fourth-order valence-corrected chi connectivity index (χ4v) is 2.42. The summed E-state index contributed by atoms with van der Waals surface area (Å²) in [6.45, 7) is 3.93. The van der Waals surface area contributed by atoms with E-state index in [1.165, 1.54) is 6.07 Å². The first-order valence-corrected chi connectivity index (χ1v) is 6.90. The highest BCUT2D eigenvalue weighted by molar-refractivity contribution is 9.10. The Morgan fingerprint density at radius 3 is 2.60 bits per heavy atom. The van der Waals surface area contributed by atoms with E-state index in [-0.39, 0.29) is 12.3 Å². The van der Waals surface area contributed by atoms with Gasteiger partial charge in [-0.2, -0.15) is 0 Å². The molecular weight excluding hydrogens is 322 g/mol. The van der Waals surface area contributed by atoms with Crippen molar-refractivity contribution in [1.29, 1.82) is 0 Å². The summed E-state index contributed by atoms with van der Waals surface area (Å²) >= 11 is 3.43. The standard InChI is InChI=1S/C15H14BrNO3/c1-10-7-11(2)15(14(8-10)17(18)19)20-9-12-5-3-4-6-13(12)16/h3-8H,9H2,1-2H3. The maximum atomic E-state index is 11.1. The first kappa shape index (κ1) is 14.5. The van der Waals surface area contributed by atoms with Gasteiger partial charge in [-0.1, -0.05) is 40.2 Å². The van der Waals surface area contributed by atoms with Gasteiger partial charge in [0, 0.05) is 16.1 Å². The van der Waals surface area contributed by atoms with E-state index in [0.717, 1.165) is 21.2 Å². The van der Waals surface area contributed by atoms with Gasteiger partial charge in [-0.05, 0) is 31.0 Å². The van der Waals surface area contributed by atoms with Crippen LogP contribution in [0.25, 0.3) is 0 Å². The van der Waals surface area contributed by atoms with Crippen LogP contribution in [0.15, 0.2) is 40.9 Å². The molecule has 0 N–H and O–H groups in total. The van der Waals surface area contributed by atoms with Gasteiger partial charge >= 0.3 is 5.69 Å². The number of benzene rings is 2. The van der Waals surface area contributed by atoms with Crippen LogP contribution >= 0.6 is 15.9 Å². The third-order valence-corrected chi connectivity index (χ3v) is 3.70. The maximum Gasteiger partial charge on any atom is 0.311 e. The number of nitrogens with zero attached hydrogens (tertiary/aromatic N) is 1. The largest absolute Gasteiger partial charge is 0.482 e. The SMILES string of the molecule is Cc1cc(C)c(OCc2ccccc2Br)c([N+](=O)[O-])c1. The Morgan fingerprint density at radius 2 is 1.95 bits per heavy atom. The number of halogens is 1. The van der Waals surface area contributed by atoms with Gasteiger partial charge in [-0.3, -0.25) is 10.1 Å². The second-order valence-electron chi connectivity index (χ2n) is 4.57. The molecule has 0 spiro atoms. The molecule has 0 heterocycles. The zero-order valence-electron chi connectivity index (χ0n) is 11.2. The molecule has 0 saturated carbocycles. The van der Waals surface area contributed by atoms with Crippen LogP contribution in [-0.4, -0.2) is 4.92 Å². The molecule has 104 valence electrons. The van der Waals surface area contributed by atoms with Crippen LogP contribution < -0.4 is 4.74 Å². The van der Waals surface area contributed by atoms with Gasteiger partial charge < -0.3 is 4.74 Å². The highest BCUT2D eigenvalue weighted by atomic mass is 79.9. The van der Waals surface area contributed by atoms with Crippen molar-refractivity contribution < 1.29 is 9.66 Å². The first-order chi connectivity index (χ1) is 9.49. The van der Waals surface area contributed by atoms with Gasteiger partial charge in [0.2, 0.25) is 0 Å². The molecular formula is C15H14BrNO3. The van der Waals surface area contributed by atoms with Crippen LogP contribution in [0.3, 0.4) is 0 Å². The molecule has 0 atom stereocenters. The van der Waals surface area contributed by atoms with Crippen molar-refractivity contribution in [3.8, 4) is 5.75 Å². The minimum absolute atomic E-state index is 0.00885. The highest BCUT2D eigenvalue weighted by Crippen LogP contribution is 2.33. The van der Waals surface area contributed by atoms with Crippen molar-refractivity contribution in [2.45, 2.75) is 20.5 Å². The predicted octanol–water partition coefficient (Wildman–Crippen LogP) is 4.55. The lowest BCUT2D eigenvalue weighted by Gasteiger charge is -2.11. The molecule has 0 saturated heterocycles. The Hall–Kier alpha value is -1.88. The topological polar surface area (TPSA) is 52.4 Å². The molecule has 0 radical (unpaired) electrons. The molecule has 0 aliphatic rings. The molecule has 5 heteroatoms. The number of aryl methyl sites for hydroxylation is 2. The molecule has 20 heavy (non-hydrogen) atoms. The number of nitro benzene ring substituents is 1. The van der Waals surface area contributed by atoms with Crippen LogP contribution in [0.5, 0.6) is 5.75 Å². The fourth-order valence-electron chi connectivity index (χ4n) is 2.02. The molecule has 0 unspecified atom stereocenters. The van der Waals surface area contributed by atoms with Crippen LogP contribution in [0.4, 0.5) is 5.69 Å². The second-order valence-corrected chi connectivity index (χ2v) is 5.42. The van der Waals surface area contributed by atoms with Gasteiger partial charge in [-0.15, -0.1) is 0 Å². The number of hydrogen-bond donors (Lipinski definition) is 0. The lowest BCUT2D eigenvalue weighted by molar-refractivity contribution is -0.386. The number of nitro groups is 1. The van der Waals surface area contributed by atoms with Crippen molar-refractivity contribution in [3.05, 3.63) is 67.7 Å². The molecule has 0 amide bonds. The van der Waals surface area contributed by atoms with E-state index in [4.69, 9.17) is 4.74 Å². The van der Waals surface area contributed by atoms with Crippen LogP contribution in [0, 0.1) is 24.0 Å². The van der Waals surface area contributed by atoms with E-state index in [0.29, 0.717) is 5.75 Å². The lowest BCUT2D eigenvalue weighted by atomic mass is 10.1. The predicted molar refractivity (Wildman–Crippen MR) is 81.0 cm³/mol. The van der Waals surface area contributed by atoms with Crippen molar-refractivity contribution in [3.63, 3.8) is 0 Å². The summed E-state index contributed by atoms with van der Waals surface area (Å²) in [5, 5.41) is 11.1. The molecule has 2 aromatic rings. The Kier molecular flexibility index (Phi) is 4.39. The minimum Gasteiger partial charge on any atom is -0.482 e. The molecule has 2 aromatic carbocycles. The summed E-state index contributed by atoms with van der Waals surface area (Å²) in [6, 6.07) is 11.0. The van der Waals surface area contributed by atoms with Gasteiger partial charge in [0.1, 0.15) is 6.61 Å². The van der Waals surface area contributed by atoms with Crippen molar-refractivity contribution in [2.75, 3.05) is 0 Å². The van der Waals surface area contributed by atoms with Crippen LogP contribution in [-0.2, 0) is 6.61 Å². The maximum absolute atomic E-state index is 11.1. The van der Waals surface area contributed by atoms with Crippen LogP contribution in [0.1, 0.15) is 16.7 Å². The quantitative estimate of drug-likeness (QED) is 0.608. The summed E-state index contributed by atoms with van der Waals surface area (Å²) in [6.07, 6.45) is 0. The molecule has 0 bridgehead atoms. The van der Waals surface area contributed by atoms with Gasteiger partial charge in [0.25, 0.3) is 0 Å².